The number of hydrogen-bond acceptors (Lipinski definition) is 3. The fourth-order valence-corrected chi connectivity index (χ4v) is 3.19. The van der Waals surface area contributed by atoms with Gasteiger partial charge < -0.3 is 11.1 Å². The van der Waals surface area contributed by atoms with E-state index in [1.165, 1.54) is 6.42 Å². The summed E-state index contributed by atoms with van der Waals surface area (Å²) in [6.07, 6.45) is 2.31. The predicted molar refractivity (Wildman–Crippen MR) is 94.9 cm³/mol. The molecule has 0 aliphatic carbocycles. The Bertz CT molecular complexity index is 510. The zero-order chi connectivity index (χ0) is 15.4. The summed E-state index contributed by atoms with van der Waals surface area (Å²) >= 11 is 5.98. The second-order valence-corrected chi connectivity index (χ2v) is 6.34. The smallest absolute Gasteiger partial charge is 0.238 e. The maximum absolute atomic E-state index is 12.3. The van der Waals surface area contributed by atoms with Crippen LogP contribution in [0.15, 0.2) is 18.2 Å². The van der Waals surface area contributed by atoms with Crippen molar-refractivity contribution >= 4 is 35.6 Å². The van der Waals surface area contributed by atoms with Crippen LogP contribution in [0.1, 0.15) is 25.3 Å². The van der Waals surface area contributed by atoms with Crippen LogP contribution in [0.5, 0.6) is 0 Å². The number of hydrogen-bond donors (Lipinski definition) is 2. The van der Waals surface area contributed by atoms with E-state index in [9.17, 15) is 4.79 Å². The van der Waals surface area contributed by atoms with Crippen molar-refractivity contribution in [1.82, 2.24) is 4.90 Å². The lowest BCUT2D eigenvalue weighted by atomic mass is 9.91. The van der Waals surface area contributed by atoms with Crippen LogP contribution >= 0.6 is 24.0 Å². The van der Waals surface area contributed by atoms with E-state index in [-0.39, 0.29) is 18.3 Å². The molecule has 1 amide bonds. The van der Waals surface area contributed by atoms with Gasteiger partial charge in [-0.25, -0.2) is 0 Å². The van der Waals surface area contributed by atoms with Gasteiger partial charge in [0.25, 0.3) is 0 Å². The number of aryl methyl sites for hydroxylation is 1. The molecule has 124 valence electrons. The molecule has 1 heterocycles. The number of rotatable bonds is 4. The van der Waals surface area contributed by atoms with Crippen LogP contribution in [0.4, 0.5) is 5.69 Å². The minimum Gasteiger partial charge on any atom is -0.329 e. The molecule has 22 heavy (non-hydrogen) atoms. The highest BCUT2D eigenvalue weighted by Crippen LogP contribution is 2.23. The monoisotopic (exact) mass is 345 g/mol. The highest BCUT2D eigenvalue weighted by molar-refractivity contribution is 6.31. The van der Waals surface area contributed by atoms with Crippen LogP contribution in [0.2, 0.25) is 5.02 Å². The Balaban J connectivity index is 0.00000242. The molecule has 1 saturated heterocycles. The Hall–Kier alpha value is -0.810. The molecule has 0 radical (unpaired) electrons. The van der Waals surface area contributed by atoms with E-state index < -0.39 is 0 Å². The van der Waals surface area contributed by atoms with Crippen LogP contribution < -0.4 is 11.1 Å². The van der Waals surface area contributed by atoms with Gasteiger partial charge in [0, 0.05) is 23.3 Å². The maximum atomic E-state index is 12.3. The molecule has 2 unspecified atom stereocenters. The van der Waals surface area contributed by atoms with Gasteiger partial charge in [0.1, 0.15) is 0 Å². The molecule has 3 N–H and O–H groups in total. The number of benzene rings is 1. The molecule has 1 fully saturated rings. The first-order chi connectivity index (χ1) is 10.0. The van der Waals surface area contributed by atoms with Crippen molar-refractivity contribution < 1.29 is 4.79 Å². The van der Waals surface area contributed by atoms with Gasteiger partial charge in [-0.2, -0.15) is 0 Å². The van der Waals surface area contributed by atoms with E-state index >= 15 is 0 Å². The third kappa shape index (κ3) is 4.85. The number of carbonyl (C=O) groups excluding carboxylic acids is 1. The molecule has 1 aliphatic heterocycles. The predicted octanol–water partition coefficient (Wildman–Crippen LogP) is 3.07. The van der Waals surface area contributed by atoms with E-state index in [1.54, 1.807) is 6.07 Å². The Kier molecular flexibility index (Phi) is 7.63. The van der Waals surface area contributed by atoms with Crippen molar-refractivity contribution in [2.45, 2.75) is 32.7 Å². The third-order valence-corrected chi connectivity index (χ3v) is 4.53. The van der Waals surface area contributed by atoms with Crippen molar-refractivity contribution in [2.75, 3.05) is 25.0 Å². The molecule has 1 aromatic rings. The van der Waals surface area contributed by atoms with Gasteiger partial charge in [0.15, 0.2) is 0 Å². The zero-order valence-electron chi connectivity index (χ0n) is 13.1. The van der Waals surface area contributed by atoms with Crippen LogP contribution in [0.25, 0.3) is 0 Å². The fourth-order valence-electron chi connectivity index (χ4n) is 3.02. The standard InChI is InChI=1S/C16H24ClN3O.ClH/c1-11-5-6-13(17)8-14(11)19-16(21)10-20-7-3-4-12(2)15(20)9-18;/h5-6,8,12,15H,3-4,7,9-10,18H2,1-2H3,(H,19,21);1H. The van der Waals surface area contributed by atoms with Gasteiger partial charge in [-0.1, -0.05) is 24.6 Å². The van der Waals surface area contributed by atoms with Gasteiger partial charge in [0.05, 0.1) is 6.54 Å². The lowest BCUT2D eigenvalue weighted by Crippen LogP contribution is -2.51. The largest absolute Gasteiger partial charge is 0.329 e. The second-order valence-electron chi connectivity index (χ2n) is 5.90. The minimum absolute atomic E-state index is 0. The summed E-state index contributed by atoms with van der Waals surface area (Å²) in [7, 11) is 0. The lowest BCUT2D eigenvalue weighted by molar-refractivity contribution is -0.118. The second kappa shape index (κ2) is 8.73. The third-order valence-electron chi connectivity index (χ3n) is 4.29. The quantitative estimate of drug-likeness (QED) is 0.881. The molecule has 0 spiro atoms. The van der Waals surface area contributed by atoms with Gasteiger partial charge in [-0.15, -0.1) is 12.4 Å². The summed E-state index contributed by atoms with van der Waals surface area (Å²) < 4.78 is 0. The summed E-state index contributed by atoms with van der Waals surface area (Å²) in [4.78, 5) is 14.5. The number of nitrogens with zero attached hydrogens (tertiary/aromatic N) is 1. The van der Waals surface area contributed by atoms with Crippen LogP contribution in [0, 0.1) is 12.8 Å². The van der Waals surface area contributed by atoms with E-state index in [0.717, 1.165) is 24.2 Å². The first-order valence-electron chi connectivity index (χ1n) is 7.51. The summed E-state index contributed by atoms with van der Waals surface area (Å²) in [6, 6.07) is 5.81. The van der Waals surface area contributed by atoms with Crippen molar-refractivity contribution in [3.05, 3.63) is 28.8 Å². The van der Waals surface area contributed by atoms with Crippen LogP contribution in [-0.4, -0.2) is 36.5 Å². The first-order valence-corrected chi connectivity index (χ1v) is 7.89. The van der Waals surface area contributed by atoms with E-state index in [1.807, 2.05) is 19.1 Å². The molecule has 0 saturated carbocycles. The number of halogens is 2. The van der Waals surface area contributed by atoms with Crippen molar-refractivity contribution in [3.8, 4) is 0 Å². The first kappa shape index (κ1) is 19.2. The van der Waals surface area contributed by atoms with E-state index in [0.29, 0.717) is 30.1 Å². The number of carbonyl (C=O) groups is 1. The molecular formula is C16H25Cl2N3O. The summed E-state index contributed by atoms with van der Waals surface area (Å²) in [6.45, 7) is 6.09. The average molecular weight is 346 g/mol. The number of likely N-dealkylation sites (tertiary alicyclic amines) is 1. The zero-order valence-corrected chi connectivity index (χ0v) is 14.7. The number of piperidine rings is 1. The van der Waals surface area contributed by atoms with Crippen molar-refractivity contribution in [2.24, 2.45) is 11.7 Å². The molecule has 0 aromatic heterocycles. The molecular weight excluding hydrogens is 321 g/mol. The minimum atomic E-state index is -0.00656. The number of nitrogens with one attached hydrogen (secondary N) is 1. The molecule has 0 bridgehead atoms. The molecule has 2 rings (SSSR count). The van der Waals surface area contributed by atoms with Crippen LogP contribution in [0.3, 0.4) is 0 Å². The Morgan fingerprint density at radius 1 is 1.50 bits per heavy atom. The maximum Gasteiger partial charge on any atom is 0.238 e. The fraction of sp³-hybridized carbons (Fsp3) is 0.562. The van der Waals surface area contributed by atoms with Crippen LogP contribution in [-0.2, 0) is 4.79 Å². The normalized spacial score (nSPS) is 22.0. The molecule has 2 atom stereocenters. The van der Waals surface area contributed by atoms with E-state index in [2.05, 4.69) is 17.1 Å². The summed E-state index contributed by atoms with van der Waals surface area (Å²) in [5.74, 6) is 0.539. The molecule has 1 aliphatic rings. The Morgan fingerprint density at radius 2 is 2.23 bits per heavy atom. The molecule has 4 nitrogen and oxygen atoms in total. The van der Waals surface area contributed by atoms with E-state index in [4.69, 9.17) is 17.3 Å². The lowest BCUT2D eigenvalue weighted by Gasteiger charge is -2.38. The summed E-state index contributed by atoms with van der Waals surface area (Å²) in [5.41, 5.74) is 7.65. The highest BCUT2D eigenvalue weighted by Gasteiger charge is 2.28. The Labute approximate surface area is 143 Å². The number of anilines is 1. The van der Waals surface area contributed by atoms with Gasteiger partial charge in [-0.3, -0.25) is 9.69 Å². The van der Waals surface area contributed by atoms with Crippen molar-refractivity contribution in [3.63, 3.8) is 0 Å². The summed E-state index contributed by atoms with van der Waals surface area (Å²) in [5, 5.41) is 3.58. The molecule has 1 aromatic carbocycles. The van der Waals surface area contributed by atoms with Gasteiger partial charge in [-0.05, 0) is 49.9 Å². The van der Waals surface area contributed by atoms with Gasteiger partial charge >= 0.3 is 0 Å². The topological polar surface area (TPSA) is 58.4 Å². The average Bonchev–Trinajstić information content (AvgIpc) is 2.43. The number of amides is 1. The Morgan fingerprint density at radius 3 is 2.91 bits per heavy atom. The van der Waals surface area contributed by atoms with Crippen molar-refractivity contribution in [1.29, 1.82) is 0 Å². The molecule has 6 heteroatoms. The van der Waals surface area contributed by atoms with Gasteiger partial charge in [0.2, 0.25) is 5.91 Å². The SMILES string of the molecule is Cc1ccc(Cl)cc1NC(=O)CN1CCCC(C)C1CN.Cl. The highest BCUT2D eigenvalue weighted by atomic mass is 35.5. The number of nitrogens with two attached hydrogens (primary N) is 1.